The van der Waals surface area contributed by atoms with Gasteiger partial charge in [-0.25, -0.2) is 14.4 Å². The molecule has 514 valence electrons. The van der Waals surface area contributed by atoms with E-state index in [0.717, 1.165) is 23.3 Å². The zero-order valence-electron chi connectivity index (χ0n) is 55.7. The van der Waals surface area contributed by atoms with E-state index in [2.05, 4.69) is 26.6 Å². The quantitative estimate of drug-likeness (QED) is 0.0177. The number of hydroxylamine groups is 2. The SMILES string of the molecule is COc1ccc(C[C@H]2NC(=O)/C=C/C[C@@H]([C@H](C)[C@H]3O[C@@H]3c3ccc(CCC(=O)OCc4ccc(CC(=O)[C@H](CCCNC(N)=O)NC(=O)[C@@H](CC(=O)CCCC(=O)ON5C(=O)C=CC5=O)C(C)C)cc4)cc3)OC(=O)[C@H](CC(C)(C)C)NC(=O)C(C)(C)[C@H](C)NC2=O)cc1Cl. The van der Waals surface area contributed by atoms with Crippen molar-refractivity contribution in [1.29, 1.82) is 0 Å². The number of rotatable bonds is 29. The lowest BCUT2D eigenvalue weighted by Gasteiger charge is -2.35. The zero-order valence-corrected chi connectivity index (χ0v) is 56.4. The molecule has 1 saturated heterocycles. The molecule has 9 atom stereocenters. The fourth-order valence-electron chi connectivity index (χ4n) is 10.8. The predicted octanol–water partition coefficient (Wildman–Crippen LogP) is 6.98. The first-order valence-electron chi connectivity index (χ1n) is 32.1. The van der Waals surface area contributed by atoms with E-state index in [1.165, 1.54) is 13.2 Å². The number of methoxy groups -OCH3 is 1. The predicted molar refractivity (Wildman–Crippen MR) is 349 cm³/mol. The monoisotopic (exact) mass is 1340 g/mol. The van der Waals surface area contributed by atoms with E-state index in [1.54, 1.807) is 83.2 Å². The smallest absolute Gasteiger partial charge is 0.333 e. The lowest BCUT2D eigenvalue weighted by atomic mass is 9.82. The molecular formula is C70H90ClN7O17. The molecule has 3 aliphatic rings. The molecule has 0 aromatic heterocycles. The Hall–Kier alpha value is -8.77. The summed E-state index contributed by atoms with van der Waals surface area (Å²) in [6.45, 7) is 16.4. The van der Waals surface area contributed by atoms with Gasteiger partial charge in [0.05, 0.1) is 29.7 Å². The van der Waals surface area contributed by atoms with Gasteiger partial charge >= 0.3 is 23.9 Å². The summed E-state index contributed by atoms with van der Waals surface area (Å²) in [5, 5.41) is 14.6. The van der Waals surface area contributed by atoms with Crippen molar-refractivity contribution in [1.82, 2.24) is 31.6 Å². The number of hydrogen-bond acceptors (Lipinski definition) is 17. The summed E-state index contributed by atoms with van der Waals surface area (Å²) >= 11 is 6.43. The van der Waals surface area contributed by atoms with Crippen LogP contribution in [-0.4, -0.2) is 126 Å². The average molecular weight is 1340 g/mol. The van der Waals surface area contributed by atoms with Crippen LogP contribution in [0.3, 0.4) is 0 Å². The molecule has 3 heterocycles. The summed E-state index contributed by atoms with van der Waals surface area (Å²) in [6, 6.07) is 15.0. The Bertz CT molecular complexity index is 3340. The van der Waals surface area contributed by atoms with Crippen LogP contribution in [0.4, 0.5) is 4.79 Å². The molecular weight excluding hydrogens is 1250 g/mol. The molecule has 8 amide bonds. The van der Waals surface area contributed by atoms with E-state index in [0.29, 0.717) is 45.4 Å². The minimum atomic E-state index is -1.23. The standard InChI is InChI=1S/C70H90ClN7O17/c1-40(2)49(37-48(79)14-11-18-61(85)95-78-58(82)30-31-59(78)83)64(86)76-51(15-13-33-73-68(72)90)54(80)36-44-19-21-45(22-20-44)39-92-60(84)32-26-43-23-27-47(28-24-43)63-62(94-63)41(3)55-16-12-17-57(81)75-52(35-46-25-29-56(91-10)50(71)34-46)65(87)74-42(4)70(8,9)67(89)77-53(66(88)93-55)38-69(5,6)7/h12,17,19-25,27-31,34,40-42,49,51-53,55,62-63H,11,13-16,18,26,32-33,35-39H2,1-10H3,(H,74,87)(H,75,81)(H,76,86)(H,77,89)(H3,72,73,90)/b17-12+/t41-,42-,49-,51-,52+,53-,55-,62+,63+/m0/s1. The van der Waals surface area contributed by atoms with Crippen molar-refractivity contribution in [3.05, 3.63) is 124 Å². The number of halogens is 1. The molecule has 6 rings (SSSR count). The summed E-state index contributed by atoms with van der Waals surface area (Å²) in [5.74, 6) is -7.40. The number of nitrogens with two attached hydrogens (primary N) is 1. The maximum Gasteiger partial charge on any atom is 0.333 e. The van der Waals surface area contributed by atoms with Crippen molar-refractivity contribution in [2.45, 2.75) is 188 Å². The lowest BCUT2D eigenvalue weighted by molar-refractivity contribution is -0.196. The topological polar surface area (TPSA) is 344 Å². The molecule has 25 heteroatoms. The second kappa shape index (κ2) is 34.6. The Balaban J connectivity index is 1.02. The van der Waals surface area contributed by atoms with Gasteiger partial charge < -0.3 is 56.1 Å². The summed E-state index contributed by atoms with van der Waals surface area (Å²) in [6.07, 6.45) is 4.01. The second-order valence-electron chi connectivity index (χ2n) is 26.5. The maximum atomic E-state index is 14.3. The number of imide groups is 1. The number of esters is 2. The van der Waals surface area contributed by atoms with Crippen LogP contribution in [0.5, 0.6) is 5.75 Å². The van der Waals surface area contributed by atoms with Crippen LogP contribution in [0.1, 0.15) is 154 Å². The molecule has 24 nitrogen and oxygen atoms in total. The van der Waals surface area contributed by atoms with Crippen molar-refractivity contribution >= 4 is 82.5 Å². The van der Waals surface area contributed by atoms with Crippen LogP contribution >= 0.6 is 11.6 Å². The van der Waals surface area contributed by atoms with Gasteiger partial charge in [-0.2, -0.15) is 0 Å². The van der Waals surface area contributed by atoms with Crippen LogP contribution in [0.15, 0.2) is 91.0 Å². The Kier molecular flexibility index (Phi) is 27.4. The third kappa shape index (κ3) is 23.3. The number of ketones is 2. The number of primary amides is 1. The van der Waals surface area contributed by atoms with Gasteiger partial charge in [0.2, 0.25) is 23.6 Å². The fourth-order valence-corrected chi connectivity index (χ4v) is 11.1. The molecule has 95 heavy (non-hydrogen) atoms. The third-order valence-corrected chi connectivity index (χ3v) is 17.3. The number of urea groups is 1. The first-order chi connectivity index (χ1) is 44.8. The van der Waals surface area contributed by atoms with E-state index < -0.39 is 118 Å². The molecule has 3 aliphatic heterocycles. The number of nitrogens with zero attached hydrogens (tertiary/aromatic N) is 1. The van der Waals surface area contributed by atoms with E-state index in [9.17, 15) is 57.5 Å². The van der Waals surface area contributed by atoms with Gasteiger partial charge in [-0.3, -0.25) is 43.2 Å². The number of ether oxygens (including phenoxy) is 4. The van der Waals surface area contributed by atoms with Gasteiger partial charge in [-0.15, -0.1) is 0 Å². The van der Waals surface area contributed by atoms with Gasteiger partial charge in [0.1, 0.15) is 42.4 Å². The Morgan fingerprint density at radius 1 is 0.800 bits per heavy atom. The van der Waals surface area contributed by atoms with Crippen LogP contribution in [-0.2, 0) is 97.7 Å². The number of carbonyl (C=O) groups excluding carboxylic acids is 12. The number of carbonyl (C=O) groups is 12. The van der Waals surface area contributed by atoms with Crippen molar-refractivity contribution in [3.8, 4) is 5.75 Å². The highest BCUT2D eigenvalue weighted by Gasteiger charge is 2.48. The van der Waals surface area contributed by atoms with Crippen LogP contribution in [0, 0.1) is 28.6 Å². The van der Waals surface area contributed by atoms with Gasteiger partial charge in [0, 0.05) is 81.5 Å². The number of cyclic esters (lactones) is 1. The minimum Gasteiger partial charge on any atom is -0.495 e. The van der Waals surface area contributed by atoms with Gasteiger partial charge in [-0.05, 0) is 110 Å². The molecule has 1 fully saturated rings. The molecule has 0 bridgehead atoms. The Morgan fingerprint density at radius 3 is 2.08 bits per heavy atom. The van der Waals surface area contributed by atoms with Crippen molar-refractivity contribution < 1.29 is 81.3 Å². The van der Waals surface area contributed by atoms with Gasteiger partial charge in [-0.1, -0.05) is 119 Å². The number of benzene rings is 3. The minimum absolute atomic E-state index is 0.0306. The first-order valence-corrected chi connectivity index (χ1v) is 32.4. The Morgan fingerprint density at radius 2 is 1.45 bits per heavy atom. The number of hydrogen-bond donors (Lipinski definition) is 6. The molecule has 7 N–H and O–H groups in total. The molecule has 3 aromatic rings. The van der Waals surface area contributed by atoms with E-state index in [4.69, 9.17) is 41.1 Å². The van der Waals surface area contributed by atoms with E-state index >= 15 is 0 Å². The molecule has 0 radical (unpaired) electrons. The lowest BCUT2D eigenvalue weighted by Crippen LogP contribution is -2.58. The van der Waals surface area contributed by atoms with E-state index in [-0.39, 0.29) is 101 Å². The number of aryl methyl sites for hydroxylation is 1. The Labute approximate surface area is 559 Å². The van der Waals surface area contributed by atoms with Crippen molar-refractivity contribution in [3.63, 3.8) is 0 Å². The van der Waals surface area contributed by atoms with Gasteiger partial charge in [0.15, 0.2) is 5.78 Å². The normalized spacial score (nSPS) is 21.2. The number of nitrogens with one attached hydrogen (secondary N) is 5. The zero-order chi connectivity index (χ0) is 69.9. The van der Waals surface area contributed by atoms with Crippen molar-refractivity contribution in [2.24, 2.45) is 34.3 Å². The molecule has 0 unspecified atom stereocenters. The highest BCUT2D eigenvalue weighted by molar-refractivity contribution is 6.32. The molecule has 0 aliphatic carbocycles. The molecule has 0 spiro atoms. The second-order valence-corrected chi connectivity index (χ2v) is 26.9. The summed E-state index contributed by atoms with van der Waals surface area (Å²) in [5.41, 5.74) is 7.25. The summed E-state index contributed by atoms with van der Waals surface area (Å²) in [4.78, 5) is 161. The fraction of sp³-hybridized carbons (Fsp3) is 0.514. The summed E-state index contributed by atoms with van der Waals surface area (Å²) in [7, 11) is 1.49. The molecule has 0 saturated carbocycles. The first kappa shape index (κ1) is 75.3. The third-order valence-electron chi connectivity index (χ3n) is 17.0. The highest BCUT2D eigenvalue weighted by atomic mass is 35.5. The maximum absolute atomic E-state index is 14.3. The average Bonchev–Trinajstić information content (AvgIpc) is 1.64. The van der Waals surface area contributed by atoms with Gasteiger partial charge in [0.25, 0.3) is 11.8 Å². The largest absolute Gasteiger partial charge is 0.495 e. The summed E-state index contributed by atoms with van der Waals surface area (Å²) < 4.78 is 23.4. The van der Waals surface area contributed by atoms with E-state index in [1.807, 2.05) is 52.0 Å². The highest BCUT2D eigenvalue weighted by Crippen LogP contribution is 2.45. The van der Waals surface area contributed by atoms with Crippen LogP contribution in [0.25, 0.3) is 0 Å². The number of Topliss-reactive ketones (excluding diaryl/α,β-unsaturated/α-hetero) is 2. The van der Waals surface area contributed by atoms with Crippen LogP contribution in [0.2, 0.25) is 5.02 Å². The molecule has 3 aromatic carbocycles. The van der Waals surface area contributed by atoms with Crippen molar-refractivity contribution in [2.75, 3.05) is 13.7 Å². The van der Waals surface area contributed by atoms with Crippen LogP contribution < -0.4 is 37.1 Å². The number of amides is 8. The number of epoxide rings is 1.